The molecule has 0 fully saturated rings. The van der Waals surface area contributed by atoms with Crippen molar-refractivity contribution >= 4 is 34.5 Å². The molecule has 37 heavy (non-hydrogen) atoms. The number of esters is 1. The lowest BCUT2D eigenvalue weighted by Gasteiger charge is -2.33. The van der Waals surface area contributed by atoms with Crippen LogP contribution in [0.1, 0.15) is 49.4 Å². The molecule has 10 heteroatoms. The van der Waals surface area contributed by atoms with Crippen LogP contribution in [0.25, 0.3) is 11.0 Å². The van der Waals surface area contributed by atoms with E-state index in [0.29, 0.717) is 23.1 Å². The second-order valence-corrected chi connectivity index (χ2v) is 9.19. The van der Waals surface area contributed by atoms with Crippen LogP contribution >= 0.6 is 0 Å². The summed E-state index contributed by atoms with van der Waals surface area (Å²) in [7, 11) is 1.28. The number of hydrogen-bond acceptors (Lipinski definition) is 7. The standard InChI is InChI=1S/C27H29N5O5/c1-5-27(2,3)28-25(34)24(22-14-9-15-37-22)32(19-11-8-10-18(16-19)26(35)36-4)23(33)17-31-21-13-7-6-12-20(21)29-30-31/h6-16,24H,5,17H2,1-4H3,(H,28,34)/t24-/m1/s1. The second-order valence-electron chi connectivity index (χ2n) is 9.19. The number of rotatable bonds is 9. The van der Waals surface area contributed by atoms with E-state index in [-0.39, 0.29) is 17.9 Å². The zero-order valence-corrected chi connectivity index (χ0v) is 21.2. The maximum Gasteiger partial charge on any atom is 0.337 e. The van der Waals surface area contributed by atoms with Crippen LogP contribution in [0.5, 0.6) is 0 Å². The SMILES string of the molecule is CCC(C)(C)NC(=O)[C@@H](c1ccco1)N(C(=O)Cn1nnc2ccccc21)c1cccc(C(=O)OC)c1. The Kier molecular flexibility index (Phi) is 7.37. The molecule has 0 bridgehead atoms. The maximum absolute atomic E-state index is 14.0. The van der Waals surface area contributed by atoms with Gasteiger partial charge in [0.05, 0.1) is 24.5 Å². The number of furan rings is 1. The number of carbonyl (C=O) groups is 3. The molecule has 2 aromatic carbocycles. The number of amides is 2. The van der Waals surface area contributed by atoms with Gasteiger partial charge in [-0.25, -0.2) is 9.48 Å². The second kappa shape index (κ2) is 10.7. The topological polar surface area (TPSA) is 120 Å². The average Bonchev–Trinajstić information content (AvgIpc) is 3.57. The summed E-state index contributed by atoms with van der Waals surface area (Å²) < 4.78 is 12.0. The zero-order chi connectivity index (χ0) is 26.6. The van der Waals surface area contributed by atoms with Gasteiger partial charge in [-0.1, -0.05) is 30.3 Å². The highest BCUT2D eigenvalue weighted by Gasteiger charge is 2.37. The number of nitrogens with zero attached hydrogens (tertiary/aromatic N) is 4. The predicted molar refractivity (Wildman–Crippen MR) is 137 cm³/mol. The molecule has 2 aromatic heterocycles. The van der Waals surface area contributed by atoms with E-state index >= 15 is 0 Å². The van der Waals surface area contributed by atoms with Gasteiger partial charge in [0.25, 0.3) is 5.91 Å². The van der Waals surface area contributed by atoms with Gasteiger partial charge in [-0.05, 0) is 62.7 Å². The fourth-order valence-corrected chi connectivity index (χ4v) is 3.89. The number of aromatic nitrogens is 3. The summed E-state index contributed by atoms with van der Waals surface area (Å²) in [5.74, 6) is -1.18. The fraction of sp³-hybridized carbons (Fsp3) is 0.296. The van der Waals surface area contributed by atoms with Crippen molar-refractivity contribution in [2.75, 3.05) is 12.0 Å². The van der Waals surface area contributed by atoms with E-state index in [9.17, 15) is 14.4 Å². The first-order valence-corrected chi connectivity index (χ1v) is 11.9. The molecule has 0 aliphatic rings. The van der Waals surface area contributed by atoms with Gasteiger partial charge in [-0.2, -0.15) is 0 Å². The molecule has 10 nitrogen and oxygen atoms in total. The minimum Gasteiger partial charge on any atom is -0.467 e. The Labute approximate surface area is 214 Å². The Morgan fingerprint density at radius 3 is 2.59 bits per heavy atom. The largest absolute Gasteiger partial charge is 0.467 e. The summed E-state index contributed by atoms with van der Waals surface area (Å²) in [6.07, 6.45) is 2.11. The molecule has 0 aliphatic heterocycles. The highest BCUT2D eigenvalue weighted by molar-refractivity contribution is 6.02. The van der Waals surface area contributed by atoms with Crippen molar-refractivity contribution in [3.8, 4) is 0 Å². The van der Waals surface area contributed by atoms with E-state index in [0.717, 1.165) is 0 Å². The summed E-state index contributed by atoms with van der Waals surface area (Å²) in [5, 5.41) is 11.3. The number of benzene rings is 2. The quantitative estimate of drug-likeness (QED) is 0.344. The predicted octanol–water partition coefficient (Wildman–Crippen LogP) is 3.89. The van der Waals surface area contributed by atoms with Crippen molar-refractivity contribution in [1.29, 1.82) is 0 Å². The lowest BCUT2D eigenvalue weighted by molar-refractivity contribution is -0.128. The fourth-order valence-electron chi connectivity index (χ4n) is 3.89. The molecule has 0 aliphatic carbocycles. The van der Waals surface area contributed by atoms with Gasteiger partial charge in [-0.15, -0.1) is 5.10 Å². The summed E-state index contributed by atoms with van der Waals surface area (Å²) >= 11 is 0. The summed E-state index contributed by atoms with van der Waals surface area (Å²) in [5.41, 5.74) is 1.33. The van der Waals surface area contributed by atoms with E-state index < -0.39 is 29.4 Å². The zero-order valence-electron chi connectivity index (χ0n) is 21.2. The van der Waals surface area contributed by atoms with E-state index in [1.165, 1.54) is 29.0 Å². The molecule has 0 unspecified atom stereocenters. The third-order valence-corrected chi connectivity index (χ3v) is 6.18. The Hall–Kier alpha value is -4.47. The van der Waals surface area contributed by atoms with Crippen molar-refractivity contribution in [3.63, 3.8) is 0 Å². The van der Waals surface area contributed by atoms with Crippen molar-refractivity contribution < 1.29 is 23.5 Å². The van der Waals surface area contributed by atoms with Crippen LogP contribution in [-0.4, -0.2) is 45.4 Å². The molecular formula is C27H29N5O5. The van der Waals surface area contributed by atoms with Crippen LogP contribution < -0.4 is 10.2 Å². The van der Waals surface area contributed by atoms with E-state index in [1.807, 2.05) is 39.0 Å². The van der Waals surface area contributed by atoms with Crippen LogP contribution in [0.3, 0.4) is 0 Å². The highest BCUT2D eigenvalue weighted by Crippen LogP contribution is 2.30. The van der Waals surface area contributed by atoms with Gasteiger partial charge in [0.1, 0.15) is 17.8 Å². The van der Waals surface area contributed by atoms with Crippen LogP contribution in [0.2, 0.25) is 0 Å². The molecule has 4 rings (SSSR count). The molecule has 0 saturated heterocycles. The summed E-state index contributed by atoms with van der Waals surface area (Å²) in [4.78, 5) is 41.3. The third-order valence-electron chi connectivity index (χ3n) is 6.18. The van der Waals surface area contributed by atoms with Crippen molar-refractivity contribution in [3.05, 3.63) is 78.3 Å². The normalized spacial score (nSPS) is 12.2. The lowest BCUT2D eigenvalue weighted by atomic mass is 10.0. The Bertz CT molecular complexity index is 1410. The first-order chi connectivity index (χ1) is 17.7. The molecule has 0 radical (unpaired) electrons. The molecular weight excluding hydrogens is 474 g/mol. The van der Waals surface area contributed by atoms with Gasteiger partial charge >= 0.3 is 5.97 Å². The summed E-state index contributed by atoms with van der Waals surface area (Å²) in [6.45, 7) is 5.55. The molecule has 1 atom stereocenters. The molecule has 2 amide bonds. The number of hydrogen-bond donors (Lipinski definition) is 1. The Morgan fingerprint density at radius 2 is 1.89 bits per heavy atom. The van der Waals surface area contributed by atoms with Gasteiger partial charge in [0.2, 0.25) is 5.91 Å². The number of ether oxygens (including phenoxy) is 1. The van der Waals surface area contributed by atoms with Crippen LogP contribution in [0.15, 0.2) is 71.3 Å². The minimum absolute atomic E-state index is 0.204. The molecule has 192 valence electrons. The minimum atomic E-state index is -1.16. The molecule has 0 saturated carbocycles. The number of carbonyl (C=O) groups excluding carboxylic acids is 3. The molecule has 2 heterocycles. The smallest absolute Gasteiger partial charge is 0.337 e. The number of para-hydroxylation sites is 1. The molecule has 4 aromatic rings. The van der Waals surface area contributed by atoms with Crippen LogP contribution in [-0.2, 0) is 20.9 Å². The maximum atomic E-state index is 14.0. The third kappa shape index (κ3) is 5.53. The number of nitrogens with one attached hydrogen (secondary N) is 1. The summed E-state index contributed by atoms with van der Waals surface area (Å²) in [6, 6.07) is 15.8. The number of fused-ring (bicyclic) bond motifs is 1. The van der Waals surface area contributed by atoms with E-state index in [4.69, 9.17) is 9.15 Å². The van der Waals surface area contributed by atoms with Crippen LogP contribution in [0, 0.1) is 0 Å². The molecule has 0 spiro atoms. The van der Waals surface area contributed by atoms with Crippen molar-refractivity contribution in [2.45, 2.75) is 45.3 Å². The van der Waals surface area contributed by atoms with E-state index in [2.05, 4.69) is 15.6 Å². The first kappa shape index (κ1) is 25.6. The lowest BCUT2D eigenvalue weighted by Crippen LogP contribution is -2.51. The number of methoxy groups -OCH3 is 1. The van der Waals surface area contributed by atoms with Crippen molar-refractivity contribution in [1.82, 2.24) is 20.3 Å². The Balaban J connectivity index is 1.82. The van der Waals surface area contributed by atoms with Gasteiger partial charge in [0.15, 0.2) is 6.04 Å². The number of anilines is 1. The molecule has 1 N–H and O–H groups in total. The first-order valence-electron chi connectivity index (χ1n) is 11.9. The van der Waals surface area contributed by atoms with Gasteiger partial charge < -0.3 is 14.5 Å². The van der Waals surface area contributed by atoms with Gasteiger partial charge in [0, 0.05) is 11.2 Å². The van der Waals surface area contributed by atoms with Crippen molar-refractivity contribution in [2.24, 2.45) is 0 Å². The Morgan fingerprint density at radius 1 is 1.11 bits per heavy atom. The monoisotopic (exact) mass is 503 g/mol. The van der Waals surface area contributed by atoms with E-state index in [1.54, 1.807) is 36.4 Å². The average molecular weight is 504 g/mol. The van der Waals surface area contributed by atoms with Crippen LogP contribution in [0.4, 0.5) is 5.69 Å². The highest BCUT2D eigenvalue weighted by atomic mass is 16.5. The van der Waals surface area contributed by atoms with Gasteiger partial charge in [-0.3, -0.25) is 14.5 Å².